The quantitative estimate of drug-likeness (QED) is 0.513. The molecular weight excluding hydrogens is 146 g/mol. The van der Waals surface area contributed by atoms with Crippen molar-refractivity contribution in [1.82, 2.24) is 0 Å². The lowest BCUT2D eigenvalue weighted by Gasteiger charge is -2.17. The van der Waals surface area contributed by atoms with Gasteiger partial charge in [-0.1, -0.05) is 6.92 Å². The second-order valence-corrected chi connectivity index (χ2v) is 3.14. The van der Waals surface area contributed by atoms with Gasteiger partial charge in [0.2, 0.25) is 0 Å². The van der Waals surface area contributed by atoms with Crippen molar-refractivity contribution < 1.29 is 15.0 Å². The van der Waals surface area contributed by atoms with E-state index in [2.05, 4.69) is 0 Å². The maximum absolute atomic E-state index is 10.3. The van der Waals surface area contributed by atoms with Crippen LogP contribution in [0.15, 0.2) is 0 Å². The molecule has 0 radical (unpaired) electrons. The average molecular weight is 161 g/mol. The lowest BCUT2D eigenvalue weighted by atomic mass is 10.0. The standard InChI is InChI=1S/C7H15NO3/c1-5(6(9)10)3-4-7(2,8)11/h5,11H,3-4,8H2,1-2H3,(H,9,10). The molecule has 0 spiro atoms. The number of aliphatic hydroxyl groups is 1. The normalized spacial score (nSPS) is 18.9. The Bertz CT molecular complexity index is 139. The summed E-state index contributed by atoms with van der Waals surface area (Å²) in [6.07, 6.45) is 0.708. The molecule has 0 aromatic rings. The molecule has 0 aliphatic rings. The summed E-state index contributed by atoms with van der Waals surface area (Å²) in [5, 5.41) is 17.5. The third-order valence-electron chi connectivity index (χ3n) is 1.51. The molecule has 0 aromatic carbocycles. The first-order valence-corrected chi connectivity index (χ1v) is 3.57. The summed E-state index contributed by atoms with van der Waals surface area (Å²) in [5.74, 6) is -1.29. The van der Waals surface area contributed by atoms with Gasteiger partial charge in [-0.15, -0.1) is 0 Å². The van der Waals surface area contributed by atoms with Gasteiger partial charge in [0.15, 0.2) is 0 Å². The number of hydrogen-bond acceptors (Lipinski definition) is 3. The summed E-state index contributed by atoms with van der Waals surface area (Å²) in [5.41, 5.74) is 4.00. The number of carbonyl (C=O) groups is 1. The lowest BCUT2D eigenvalue weighted by molar-refractivity contribution is -0.141. The van der Waals surface area contributed by atoms with Gasteiger partial charge in [-0.3, -0.25) is 4.79 Å². The Morgan fingerprint density at radius 3 is 2.45 bits per heavy atom. The predicted octanol–water partition coefficient (Wildman–Crippen LogP) is 0.154. The van der Waals surface area contributed by atoms with Crippen LogP contribution in [0.1, 0.15) is 26.7 Å². The first kappa shape index (κ1) is 10.4. The van der Waals surface area contributed by atoms with Gasteiger partial charge in [-0.25, -0.2) is 0 Å². The second-order valence-electron chi connectivity index (χ2n) is 3.14. The zero-order valence-corrected chi connectivity index (χ0v) is 6.87. The third-order valence-corrected chi connectivity index (χ3v) is 1.51. The van der Waals surface area contributed by atoms with Crippen LogP contribution in [0.3, 0.4) is 0 Å². The van der Waals surface area contributed by atoms with Gasteiger partial charge < -0.3 is 15.9 Å². The van der Waals surface area contributed by atoms with Crippen molar-refractivity contribution in [3.8, 4) is 0 Å². The zero-order valence-electron chi connectivity index (χ0n) is 6.87. The van der Waals surface area contributed by atoms with Crippen molar-refractivity contribution >= 4 is 5.97 Å². The first-order valence-electron chi connectivity index (χ1n) is 3.57. The van der Waals surface area contributed by atoms with E-state index >= 15 is 0 Å². The van der Waals surface area contributed by atoms with Gasteiger partial charge in [0.1, 0.15) is 5.72 Å². The van der Waals surface area contributed by atoms with Crippen LogP contribution in [-0.4, -0.2) is 21.9 Å². The van der Waals surface area contributed by atoms with E-state index in [4.69, 9.17) is 15.9 Å². The molecule has 2 unspecified atom stereocenters. The van der Waals surface area contributed by atoms with E-state index in [1.807, 2.05) is 0 Å². The molecule has 2 atom stereocenters. The van der Waals surface area contributed by atoms with Crippen molar-refractivity contribution in [1.29, 1.82) is 0 Å². The van der Waals surface area contributed by atoms with Crippen molar-refractivity contribution in [3.05, 3.63) is 0 Å². The van der Waals surface area contributed by atoms with E-state index in [1.54, 1.807) is 6.92 Å². The van der Waals surface area contributed by atoms with Gasteiger partial charge in [0.05, 0.1) is 5.92 Å². The van der Waals surface area contributed by atoms with Gasteiger partial charge >= 0.3 is 5.97 Å². The van der Waals surface area contributed by atoms with Crippen LogP contribution < -0.4 is 5.73 Å². The Morgan fingerprint density at radius 2 is 2.18 bits per heavy atom. The predicted molar refractivity (Wildman–Crippen MR) is 40.8 cm³/mol. The summed E-state index contributed by atoms with van der Waals surface area (Å²) in [6, 6.07) is 0. The Hall–Kier alpha value is -0.610. The van der Waals surface area contributed by atoms with Gasteiger partial charge in [-0.05, 0) is 19.8 Å². The molecule has 0 rings (SSSR count). The fourth-order valence-corrected chi connectivity index (χ4v) is 0.632. The number of carboxylic acids is 1. The minimum absolute atomic E-state index is 0.306. The SMILES string of the molecule is CC(CCC(C)(N)O)C(=O)O. The first-order chi connectivity index (χ1) is 4.83. The molecule has 0 aliphatic heterocycles. The number of rotatable bonds is 4. The summed E-state index contributed by atoms with van der Waals surface area (Å²) in [7, 11) is 0. The van der Waals surface area contributed by atoms with Crippen LogP contribution in [-0.2, 0) is 4.79 Å². The molecule has 0 bridgehead atoms. The number of carboxylic acid groups (broad SMARTS) is 1. The van der Waals surface area contributed by atoms with Gasteiger partial charge in [0.25, 0.3) is 0 Å². The molecule has 0 aromatic heterocycles. The monoisotopic (exact) mass is 161 g/mol. The van der Waals surface area contributed by atoms with Crippen molar-refractivity contribution in [2.75, 3.05) is 0 Å². The smallest absolute Gasteiger partial charge is 0.306 e. The van der Waals surface area contributed by atoms with Crippen molar-refractivity contribution in [3.63, 3.8) is 0 Å². The molecule has 0 fully saturated rings. The molecule has 66 valence electrons. The zero-order chi connectivity index (χ0) is 9.07. The number of aliphatic carboxylic acids is 1. The fourth-order valence-electron chi connectivity index (χ4n) is 0.632. The van der Waals surface area contributed by atoms with Crippen LogP contribution in [0.4, 0.5) is 0 Å². The molecule has 0 heterocycles. The fraction of sp³-hybridized carbons (Fsp3) is 0.857. The Kier molecular flexibility index (Phi) is 3.48. The number of nitrogens with two attached hydrogens (primary N) is 1. The lowest BCUT2D eigenvalue weighted by Crippen LogP contribution is -2.36. The third kappa shape index (κ3) is 5.82. The highest BCUT2D eigenvalue weighted by atomic mass is 16.4. The minimum Gasteiger partial charge on any atom is -0.481 e. The van der Waals surface area contributed by atoms with Gasteiger partial charge in [-0.2, -0.15) is 0 Å². The largest absolute Gasteiger partial charge is 0.481 e. The molecule has 0 saturated carbocycles. The molecule has 0 aliphatic carbocycles. The minimum atomic E-state index is -1.25. The summed E-state index contributed by atoms with van der Waals surface area (Å²) in [4.78, 5) is 10.3. The maximum Gasteiger partial charge on any atom is 0.306 e. The Labute approximate surface area is 66.0 Å². The highest BCUT2D eigenvalue weighted by molar-refractivity contribution is 5.69. The number of hydrogen-bond donors (Lipinski definition) is 3. The molecule has 11 heavy (non-hydrogen) atoms. The van der Waals surface area contributed by atoms with Crippen LogP contribution in [0.5, 0.6) is 0 Å². The molecule has 4 nitrogen and oxygen atoms in total. The van der Waals surface area contributed by atoms with E-state index < -0.39 is 17.6 Å². The molecule has 0 saturated heterocycles. The summed E-state index contributed by atoms with van der Waals surface area (Å²) in [6.45, 7) is 3.05. The van der Waals surface area contributed by atoms with Crippen LogP contribution in [0.2, 0.25) is 0 Å². The van der Waals surface area contributed by atoms with Crippen LogP contribution in [0.25, 0.3) is 0 Å². The summed E-state index contributed by atoms with van der Waals surface area (Å²) < 4.78 is 0. The summed E-state index contributed by atoms with van der Waals surface area (Å²) >= 11 is 0. The topological polar surface area (TPSA) is 83.5 Å². The van der Waals surface area contributed by atoms with Gasteiger partial charge in [0, 0.05) is 0 Å². The van der Waals surface area contributed by atoms with Crippen LogP contribution >= 0.6 is 0 Å². The second kappa shape index (κ2) is 3.69. The molecule has 0 amide bonds. The van der Waals surface area contributed by atoms with E-state index in [0.717, 1.165) is 0 Å². The highest BCUT2D eigenvalue weighted by Crippen LogP contribution is 2.11. The Morgan fingerprint density at radius 1 is 1.73 bits per heavy atom. The van der Waals surface area contributed by atoms with E-state index in [9.17, 15) is 4.79 Å². The highest BCUT2D eigenvalue weighted by Gasteiger charge is 2.17. The van der Waals surface area contributed by atoms with E-state index in [-0.39, 0.29) is 0 Å². The van der Waals surface area contributed by atoms with Crippen LogP contribution in [0, 0.1) is 5.92 Å². The molecule has 4 N–H and O–H groups in total. The van der Waals surface area contributed by atoms with Crippen molar-refractivity contribution in [2.24, 2.45) is 11.7 Å². The Balaban J connectivity index is 3.63. The van der Waals surface area contributed by atoms with E-state index in [0.29, 0.717) is 12.8 Å². The molecular formula is C7H15NO3. The molecule has 4 heteroatoms. The average Bonchev–Trinajstić information content (AvgIpc) is 1.80. The van der Waals surface area contributed by atoms with E-state index in [1.165, 1.54) is 6.92 Å². The maximum atomic E-state index is 10.3. The van der Waals surface area contributed by atoms with Crippen molar-refractivity contribution in [2.45, 2.75) is 32.4 Å².